The van der Waals surface area contributed by atoms with E-state index in [4.69, 9.17) is 56.8 Å². The molecule has 0 aliphatic carbocycles. The highest BCUT2D eigenvalue weighted by molar-refractivity contribution is 7.61. The lowest BCUT2D eigenvalue weighted by atomic mass is 9.95. The highest BCUT2D eigenvalue weighted by atomic mass is 31.3. The lowest BCUT2D eigenvalue weighted by Gasteiger charge is -2.47. The van der Waals surface area contributed by atoms with E-state index in [0.29, 0.717) is 38.5 Å². The van der Waals surface area contributed by atoms with Crippen molar-refractivity contribution in [3.63, 3.8) is 0 Å². The van der Waals surface area contributed by atoms with Gasteiger partial charge >= 0.3 is 47.1 Å². The average molecular weight is 1920 g/mol. The van der Waals surface area contributed by atoms with Crippen molar-refractivity contribution in [3.05, 3.63) is 0 Å². The molecule has 0 aromatic rings. The van der Waals surface area contributed by atoms with Crippen LogP contribution < -0.4 is 16.4 Å². The first-order valence-corrected chi connectivity index (χ1v) is 56.9. The normalized spacial score (nSPS) is 21.2. The monoisotopic (exact) mass is 1920 g/mol. The van der Waals surface area contributed by atoms with Gasteiger partial charge in [0.25, 0.3) is 0 Å². The fourth-order valence-corrected chi connectivity index (χ4v) is 19.8. The highest BCUT2D eigenvalue weighted by Crippen LogP contribution is 2.61. The third-order valence-corrected chi connectivity index (χ3v) is 27.8. The SMILES string of the molecule is CCCCCCCCCCCCCC(=O)O[C@H](CCCCCCCCCCC)CC(=O)O[C@@H]1C(NC(=O)C[C@@H](CCCCCCCCCCC)OC(=O)CCCCCCCCCCC)[C@H](OCC2O[C@H](OP(C)(=O)O)C(NC(=O)C[C@H](O)CCCCCCCCCCC)[C@@H](OC(=O)C[C@H](O)CCCCCCCCCCC)[C@@H]2O)OC(CO)[C@H]1OP(=O)(O)OP(=O)(O)OCCN. The van der Waals surface area contributed by atoms with Crippen LogP contribution in [0.1, 0.15) is 465 Å². The van der Waals surface area contributed by atoms with Crippen LogP contribution in [0.2, 0.25) is 0 Å². The van der Waals surface area contributed by atoms with Crippen LogP contribution in [0.15, 0.2) is 0 Å². The molecule has 0 bridgehead atoms. The van der Waals surface area contributed by atoms with Crippen molar-refractivity contribution in [1.29, 1.82) is 0 Å². The summed E-state index contributed by atoms with van der Waals surface area (Å²) in [5.41, 5.74) is 5.55. The Bertz CT molecular complexity index is 2980. The third-order valence-electron chi connectivity index (χ3n) is 24.5. The van der Waals surface area contributed by atoms with Crippen molar-refractivity contribution in [3.8, 4) is 0 Å². The molecule has 2 amide bonds. The molecule has 2 aliphatic heterocycles. The second-order valence-corrected chi connectivity index (χ2v) is 41.8. The van der Waals surface area contributed by atoms with Gasteiger partial charge in [-0.3, -0.25) is 46.9 Å². The van der Waals surface area contributed by atoms with Crippen LogP contribution >= 0.6 is 23.2 Å². The zero-order valence-electron chi connectivity index (χ0n) is 81.8. The number of unbranched alkanes of at least 4 members (excludes halogenated alkanes) is 50. The first-order chi connectivity index (χ1) is 62.6. The van der Waals surface area contributed by atoms with E-state index in [2.05, 4.69) is 52.2 Å². The van der Waals surface area contributed by atoms with Crippen LogP contribution in [-0.2, 0) is 93.5 Å². The molecule has 0 aromatic heterocycles. The van der Waals surface area contributed by atoms with E-state index in [0.717, 1.165) is 270 Å². The van der Waals surface area contributed by atoms with Crippen LogP contribution in [0.4, 0.5) is 0 Å². The Labute approximate surface area is 784 Å². The van der Waals surface area contributed by atoms with Gasteiger partial charge < -0.3 is 84.6 Å². The molecule has 30 nitrogen and oxygen atoms in total. The van der Waals surface area contributed by atoms with Crippen molar-refractivity contribution in [2.24, 2.45) is 5.73 Å². The van der Waals surface area contributed by atoms with Crippen molar-refractivity contribution >= 4 is 58.9 Å². The molecule has 130 heavy (non-hydrogen) atoms. The minimum absolute atomic E-state index is 0.0420. The second-order valence-electron chi connectivity index (χ2n) is 37.0. The number of rotatable bonds is 89. The molecule has 0 aromatic carbocycles. The molecule has 766 valence electrons. The summed E-state index contributed by atoms with van der Waals surface area (Å²) in [7, 11) is -16.3. The number of carbonyl (C=O) groups excluding carboxylic acids is 6. The van der Waals surface area contributed by atoms with Crippen LogP contribution in [0, 0.1) is 0 Å². The minimum Gasteiger partial charge on any atom is -0.462 e. The Kier molecular flexibility index (Phi) is 74.5. The number of carbonyl (C=O) groups is 6. The van der Waals surface area contributed by atoms with Crippen LogP contribution in [0.3, 0.4) is 0 Å². The van der Waals surface area contributed by atoms with Gasteiger partial charge in [-0.1, -0.05) is 375 Å². The quantitative estimate of drug-likeness (QED) is 0.0117. The Morgan fingerprint density at radius 3 is 1.08 bits per heavy atom. The maximum atomic E-state index is 15.4. The molecule has 0 radical (unpaired) electrons. The van der Waals surface area contributed by atoms with Gasteiger partial charge in [0.1, 0.15) is 48.7 Å². The molecule has 2 heterocycles. The average Bonchev–Trinajstić information content (AvgIpc) is 0.773. The molecule has 0 saturated carbocycles. The maximum absolute atomic E-state index is 15.4. The molecule has 2 aliphatic rings. The number of nitrogens with one attached hydrogen (secondary N) is 2. The Balaban J connectivity index is 3.00. The highest BCUT2D eigenvalue weighted by Gasteiger charge is 2.56. The van der Waals surface area contributed by atoms with Gasteiger partial charge in [-0.05, 0) is 51.4 Å². The number of nitrogens with two attached hydrogens (primary N) is 1. The Hall–Kier alpha value is -3.09. The number of hydrogen-bond acceptors (Lipinski definition) is 25. The lowest BCUT2D eigenvalue weighted by molar-refractivity contribution is -0.296. The summed E-state index contributed by atoms with van der Waals surface area (Å²) in [6.45, 7) is 10.6. The van der Waals surface area contributed by atoms with Gasteiger partial charge in [-0.15, -0.1) is 0 Å². The summed E-state index contributed by atoms with van der Waals surface area (Å²) in [6, 6.07) is -3.85. The van der Waals surface area contributed by atoms with Gasteiger partial charge in [0, 0.05) is 26.1 Å². The predicted octanol–water partition coefficient (Wildman–Crippen LogP) is 21.4. The number of aliphatic hydroxyl groups is 4. The summed E-state index contributed by atoms with van der Waals surface area (Å²) >= 11 is 0. The number of aliphatic hydroxyl groups excluding tert-OH is 4. The molecule has 2 rings (SSSR count). The number of phosphoric acid groups is 2. The Morgan fingerprint density at radius 1 is 0.377 bits per heavy atom. The van der Waals surface area contributed by atoms with Crippen molar-refractivity contribution in [1.82, 2.24) is 10.6 Å². The van der Waals surface area contributed by atoms with E-state index in [1.807, 2.05) is 0 Å². The molecule has 2 fully saturated rings. The molecule has 0 spiro atoms. The van der Waals surface area contributed by atoms with Crippen LogP contribution in [0.25, 0.3) is 0 Å². The molecule has 33 heteroatoms. The Morgan fingerprint density at radius 2 is 0.700 bits per heavy atom. The maximum Gasteiger partial charge on any atom is 0.481 e. The van der Waals surface area contributed by atoms with E-state index in [-0.39, 0.29) is 45.1 Å². The molecule has 11 N–H and O–H groups in total. The summed E-state index contributed by atoms with van der Waals surface area (Å²) in [6.07, 6.45) is 32.7. The molecule has 2 saturated heterocycles. The summed E-state index contributed by atoms with van der Waals surface area (Å²) < 4.78 is 106. The summed E-state index contributed by atoms with van der Waals surface area (Å²) in [4.78, 5) is 121. The summed E-state index contributed by atoms with van der Waals surface area (Å²) in [5, 5.41) is 52.2. The summed E-state index contributed by atoms with van der Waals surface area (Å²) in [5.74, 6) is -5.14. The fourth-order valence-electron chi connectivity index (χ4n) is 17.0. The van der Waals surface area contributed by atoms with Crippen molar-refractivity contribution in [2.45, 2.75) is 551 Å². The smallest absolute Gasteiger partial charge is 0.462 e. The van der Waals surface area contributed by atoms with E-state index in [9.17, 15) is 68.0 Å². The van der Waals surface area contributed by atoms with E-state index in [1.165, 1.54) is 57.8 Å². The van der Waals surface area contributed by atoms with Crippen molar-refractivity contribution in [2.75, 3.05) is 33.0 Å². The third kappa shape index (κ3) is 64.1. The number of amides is 2. The van der Waals surface area contributed by atoms with Gasteiger partial charge in [-0.2, -0.15) is 4.31 Å². The zero-order valence-corrected chi connectivity index (χ0v) is 84.5. The lowest BCUT2D eigenvalue weighted by Crippen LogP contribution is -2.68. The largest absolute Gasteiger partial charge is 0.481 e. The van der Waals surface area contributed by atoms with Gasteiger partial charge in [-0.25, -0.2) is 9.13 Å². The zero-order chi connectivity index (χ0) is 95.7. The standard InChI is InChI=1S/C97H186N3O27P3/c1-8-14-20-26-32-38-39-45-51-57-63-69-87(107)120-81(67-61-55-49-43-36-30-24-18-12-5)75-89(109)124-95-91(100-85(105)74-80(66-60-54-48-42-35-29-23-17-11-4)119-86(106)68-62-56-50-44-37-31-25-19-13-6)96(121-82(76-101)93(95)125-130(115,116)127-129(113,114)118-71-70-98)117-77-83-92(110)94(123-88(108)73-79(103)65-59-53-47-41-34-28-22-16-10-3)90(97(122-83)126-128(7,111)112)99-84(104)72-78(102)64-58-52-46-40-33-27-21-15-9-2/h78-83,90-97,101-103,110H,8-77,98H2,1-7H3,(H,99,104)(H,100,105)(H,111,112)(H,113,114)(H,115,116)/t78-,79-,80-,81-,82?,83?,90?,91?,92-,93-,94-,95-,96-,97-/m1/s1. The molecule has 17 atom stereocenters. The van der Waals surface area contributed by atoms with E-state index < -0.39 is 190 Å². The van der Waals surface area contributed by atoms with Crippen molar-refractivity contribution < 1.29 is 129 Å². The van der Waals surface area contributed by atoms with E-state index in [1.54, 1.807) is 0 Å². The number of hydrogen-bond donors (Lipinski definition) is 10. The van der Waals surface area contributed by atoms with Crippen LogP contribution in [-0.4, -0.2) is 190 Å². The first-order valence-electron chi connectivity index (χ1n) is 51.9. The van der Waals surface area contributed by atoms with Gasteiger partial charge in [0.2, 0.25) is 11.8 Å². The van der Waals surface area contributed by atoms with Crippen LogP contribution in [0.5, 0.6) is 0 Å². The second kappa shape index (κ2) is 78.8. The van der Waals surface area contributed by atoms with Gasteiger partial charge in [0.05, 0.1) is 57.7 Å². The number of ether oxygens (including phenoxy) is 7. The predicted molar refractivity (Wildman–Crippen MR) is 508 cm³/mol. The number of phosphoric ester groups is 2. The molecular weight excluding hydrogens is 1730 g/mol. The molecule has 7 unspecified atom stereocenters. The molecular formula is C97H186N3O27P3. The first kappa shape index (κ1) is 123. The minimum atomic E-state index is -6.03. The van der Waals surface area contributed by atoms with Gasteiger partial charge in [0.15, 0.2) is 24.8 Å². The topological polar surface area (TPSA) is 447 Å². The fraction of sp³-hybridized carbons (Fsp3) is 0.938. The van der Waals surface area contributed by atoms with E-state index >= 15 is 9.59 Å². The number of esters is 4.